The summed E-state index contributed by atoms with van der Waals surface area (Å²) in [5.74, 6) is 0.602. The topological polar surface area (TPSA) is 91.8 Å². The van der Waals surface area contributed by atoms with Gasteiger partial charge in [-0.05, 0) is 37.0 Å². The van der Waals surface area contributed by atoms with Crippen molar-refractivity contribution in [1.82, 2.24) is 14.8 Å². The molecule has 2 aliphatic rings. The van der Waals surface area contributed by atoms with E-state index in [0.717, 1.165) is 19.3 Å². The summed E-state index contributed by atoms with van der Waals surface area (Å²) in [6, 6.07) is 13.5. The van der Waals surface area contributed by atoms with Crippen LogP contribution < -0.4 is 5.32 Å². The van der Waals surface area contributed by atoms with Crippen LogP contribution >= 0.6 is 23.4 Å². The van der Waals surface area contributed by atoms with Crippen molar-refractivity contribution in [2.45, 2.75) is 31.3 Å². The first-order valence-electron chi connectivity index (χ1n) is 11.3. The van der Waals surface area contributed by atoms with Gasteiger partial charge in [-0.2, -0.15) is 0 Å². The quantitative estimate of drug-likeness (QED) is 0.594. The lowest BCUT2D eigenvalue weighted by Gasteiger charge is -2.38. The van der Waals surface area contributed by atoms with Gasteiger partial charge in [0.2, 0.25) is 11.8 Å². The Labute approximate surface area is 208 Å². The average molecular weight is 503 g/mol. The number of carbonyl (C=O) groups excluding carboxylic acids is 3. The Morgan fingerprint density at radius 3 is 2.59 bits per heavy atom. The van der Waals surface area contributed by atoms with E-state index in [1.165, 1.54) is 23.5 Å². The van der Waals surface area contributed by atoms with Gasteiger partial charge in [0.05, 0.1) is 22.6 Å². The van der Waals surface area contributed by atoms with Gasteiger partial charge in [-0.1, -0.05) is 41.9 Å². The first-order chi connectivity index (χ1) is 16.5. The fourth-order valence-corrected chi connectivity index (χ4v) is 5.14. The molecule has 0 bridgehead atoms. The molecule has 1 aromatic heterocycles. The van der Waals surface area contributed by atoms with Crippen molar-refractivity contribution in [3.05, 3.63) is 59.2 Å². The molecule has 1 N–H and O–H groups in total. The van der Waals surface area contributed by atoms with Gasteiger partial charge < -0.3 is 15.0 Å². The highest BCUT2D eigenvalue weighted by atomic mass is 35.5. The molecule has 1 unspecified atom stereocenters. The predicted molar refractivity (Wildman–Crippen MR) is 132 cm³/mol. The number of cyclic esters (lactones) is 1. The van der Waals surface area contributed by atoms with Gasteiger partial charge >= 0.3 is 6.09 Å². The molecular formula is C24H27ClN4O4S. The fourth-order valence-electron chi connectivity index (χ4n) is 4.31. The molecule has 1 atom stereocenters. The zero-order valence-electron chi connectivity index (χ0n) is 18.7. The highest BCUT2D eigenvalue weighted by Crippen LogP contribution is 2.26. The summed E-state index contributed by atoms with van der Waals surface area (Å²) >= 11 is 7.06. The minimum Gasteiger partial charge on any atom is -0.447 e. The molecule has 3 amide bonds. The van der Waals surface area contributed by atoms with Crippen LogP contribution in [0.4, 0.5) is 10.6 Å². The maximum atomic E-state index is 12.6. The average Bonchev–Trinajstić information content (AvgIpc) is 3.21. The summed E-state index contributed by atoms with van der Waals surface area (Å²) in [5, 5.41) is 3.18. The number of hydrogen-bond acceptors (Lipinski definition) is 6. The van der Waals surface area contributed by atoms with Crippen LogP contribution in [-0.2, 0) is 20.7 Å². The van der Waals surface area contributed by atoms with E-state index in [2.05, 4.69) is 22.4 Å². The van der Waals surface area contributed by atoms with Crippen molar-refractivity contribution < 1.29 is 19.1 Å². The number of anilines is 1. The van der Waals surface area contributed by atoms with Crippen molar-refractivity contribution in [2.75, 3.05) is 36.5 Å². The van der Waals surface area contributed by atoms with E-state index in [1.54, 1.807) is 12.1 Å². The van der Waals surface area contributed by atoms with Crippen LogP contribution in [0, 0.1) is 0 Å². The van der Waals surface area contributed by atoms with E-state index in [4.69, 9.17) is 16.3 Å². The van der Waals surface area contributed by atoms with Crippen molar-refractivity contribution in [3.8, 4) is 0 Å². The van der Waals surface area contributed by atoms with Gasteiger partial charge in [0.25, 0.3) is 0 Å². The summed E-state index contributed by atoms with van der Waals surface area (Å²) in [7, 11) is 0. The highest BCUT2D eigenvalue weighted by Gasteiger charge is 2.39. The van der Waals surface area contributed by atoms with Gasteiger partial charge in [-0.15, -0.1) is 11.8 Å². The number of nitrogens with one attached hydrogen (secondary N) is 1. The minimum absolute atomic E-state index is 0.00528. The number of halogens is 1. The number of carbonyl (C=O) groups is 3. The molecule has 180 valence electrons. The van der Waals surface area contributed by atoms with E-state index in [1.807, 2.05) is 28.0 Å². The molecule has 2 fully saturated rings. The Hall–Kier alpha value is -2.78. The molecule has 4 rings (SSSR count). The largest absolute Gasteiger partial charge is 0.447 e. The van der Waals surface area contributed by atoms with Crippen LogP contribution in [0.5, 0.6) is 0 Å². The first-order valence-corrected chi connectivity index (χ1v) is 12.8. The maximum Gasteiger partial charge on any atom is 0.410 e. The van der Waals surface area contributed by atoms with E-state index in [0.29, 0.717) is 30.5 Å². The summed E-state index contributed by atoms with van der Waals surface area (Å²) in [6.07, 6.45) is 3.40. The van der Waals surface area contributed by atoms with Gasteiger partial charge in [-0.25, -0.2) is 9.78 Å². The second-order valence-electron chi connectivity index (χ2n) is 8.34. The van der Waals surface area contributed by atoms with Crippen LogP contribution in [0.3, 0.4) is 0 Å². The Morgan fingerprint density at radius 2 is 1.88 bits per heavy atom. The number of likely N-dealkylation sites (tertiary alicyclic amines) is 1. The lowest BCUT2D eigenvalue weighted by Crippen LogP contribution is -2.50. The number of benzene rings is 1. The van der Waals surface area contributed by atoms with E-state index in [9.17, 15) is 14.4 Å². The maximum absolute atomic E-state index is 12.6. The standard InChI is InChI=1S/C24H27ClN4O4S/c25-18-6-7-21(26-13-18)27-22(30)15-34-16-23(31)28-10-8-19(9-11-28)29-20(14-33-24(29)32)12-17-4-2-1-3-5-17/h1-7,13,19-20H,8-12,14-16H2,(H,26,27,30). The Morgan fingerprint density at radius 1 is 1.12 bits per heavy atom. The Kier molecular flexibility index (Phi) is 8.29. The molecule has 0 saturated carbocycles. The lowest BCUT2D eigenvalue weighted by molar-refractivity contribution is -0.129. The number of aromatic nitrogens is 1. The molecule has 8 nitrogen and oxygen atoms in total. The SMILES string of the molecule is O=C(CSCC(=O)N1CCC(N2C(=O)OCC2Cc2ccccc2)CC1)Nc1ccc(Cl)cn1. The summed E-state index contributed by atoms with van der Waals surface area (Å²) in [4.78, 5) is 44.8. The number of hydrogen-bond donors (Lipinski definition) is 1. The Bertz CT molecular complexity index is 1000. The third-order valence-electron chi connectivity index (χ3n) is 5.98. The van der Waals surface area contributed by atoms with Gasteiger partial charge in [-0.3, -0.25) is 14.5 Å². The monoisotopic (exact) mass is 502 g/mol. The van der Waals surface area contributed by atoms with Crippen LogP contribution in [-0.4, -0.2) is 76.0 Å². The molecule has 3 heterocycles. The van der Waals surface area contributed by atoms with E-state index >= 15 is 0 Å². The van der Waals surface area contributed by atoms with E-state index < -0.39 is 0 Å². The molecule has 0 aliphatic carbocycles. The molecule has 2 aliphatic heterocycles. The smallest absolute Gasteiger partial charge is 0.410 e. The number of ether oxygens (including phenoxy) is 1. The van der Waals surface area contributed by atoms with Crippen molar-refractivity contribution in [1.29, 1.82) is 0 Å². The fraction of sp³-hybridized carbons (Fsp3) is 0.417. The normalized spacial score (nSPS) is 18.6. The zero-order valence-corrected chi connectivity index (χ0v) is 20.3. The summed E-state index contributed by atoms with van der Waals surface area (Å²) in [5.41, 5.74) is 1.18. The molecule has 10 heteroatoms. The first kappa shape index (κ1) is 24.3. The lowest BCUT2D eigenvalue weighted by atomic mass is 9.99. The van der Waals surface area contributed by atoms with Gasteiger partial charge in [0, 0.05) is 25.3 Å². The number of rotatable bonds is 8. The molecule has 34 heavy (non-hydrogen) atoms. The number of nitrogens with zero attached hydrogens (tertiary/aromatic N) is 3. The minimum atomic E-state index is -0.262. The molecular weight excluding hydrogens is 476 g/mol. The van der Waals surface area contributed by atoms with Crippen LogP contribution in [0.2, 0.25) is 5.02 Å². The third kappa shape index (κ3) is 6.42. The summed E-state index contributed by atoms with van der Waals surface area (Å²) < 4.78 is 5.36. The molecule has 2 saturated heterocycles. The number of amides is 3. The number of thioether (sulfide) groups is 1. The molecule has 1 aromatic carbocycles. The van der Waals surface area contributed by atoms with E-state index in [-0.39, 0.29) is 41.5 Å². The predicted octanol–water partition coefficient (Wildman–Crippen LogP) is 3.46. The molecule has 0 radical (unpaired) electrons. The van der Waals surface area contributed by atoms with Crippen LogP contribution in [0.1, 0.15) is 18.4 Å². The van der Waals surface area contributed by atoms with Gasteiger partial charge in [0.1, 0.15) is 12.4 Å². The van der Waals surface area contributed by atoms with Crippen LogP contribution in [0.25, 0.3) is 0 Å². The Balaban J connectivity index is 1.20. The van der Waals surface area contributed by atoms with Crippen molar-refractivity contribution >= 4 is 47.1 Å². The second kappa shape index (κ2) is 11.6. The molecule has 2 aromatic rings. The highest BCUT2D eigenvalue weighted by molar-refractivity contribution is 8.00. The number of piperidine rings is 1. The van der Waals surface area contributed by atoms with Crippen molar-refractivity contribution in [3.63, 3.8) is 0 Å². The summed E-state index contributed by atoms with van der Waals surface area (Å²) in [6.45, 7) is 1.58. The van der Waals surface area contributed by atoms with Gasteiger partial charge in [0.15, 0.2) is 0 Å². The second-order valence-corrected chi connectivity index (χ2v) is 9.76. The number of pyridine rings is 1. The van der Waals surface area contributed by atoms with Crippen molar-refractivity contribution in [2.24, 2.45) is 0 Å². The third-order valence-corrected chi connectivity index (χ3v) is 7.12. The van der Waals surface area contributed by atoms with Crippen LogP contribution in [0.15, 0.2) is 48.7 Å². The molecule has 0 spiro atoms. The zero-order chi connectivity index (χ0) is 23.9.